The van der Waals surface area contributed by atoms with Crippen molar-refractivity contribution in [1.29, 1.82) is 0 Å². The Morgan fingerprint density at radius 2 is 2.00 bits per heavy atom. The van der Waals surface area contributed by atoms with Crippen molar-refractivity contribution in [2.24, 2.45) is 0 Å². The Morgan fingerprint density at radius 1 is 1.21 bits per heavy atom. The molecule has 0 aliphatic heterocycles. The number of ether oxygens (including phenoxy) is 4. The number of rotatable bonds is 11. The van der Waals surface area contributed by atoms with E-state index in [-0.39, 0.29) is 30.6 Å². The number of aromatic amines is 1. The fourth-order valence-electron chi connectivity index (χ4n) is 2.61. The van der Waals surface area contributed by atoms with Gasteiger partial charge in [0.1, 0.15) is 22.8 Å². The molecule has 0 unspecified atom stereocenters. The van der Waals surface area contributed by atoms with Gasteiger partial charge in [-0.2, -0.15) is 5.10 Å². The number of carboxylic acid groups (broad SMARTS) is 1. The lowest BCUT2D eigenvalue weighted by atomic mass is 10.1. The number of hydrogen-bond donors (Lipinski definition) is 3. The summed E-state index contributed by atoms with van der Waals surface area (Å²) in [6.45, 7) is -0.131. The van der Waals surface area contributed by atoms with Gasteiger partial charge < -0.3 is 33.8 Å². The smallest absolute Gasteiger partial charge is 0.341 e. The number of benzene rings is 1. The molecule has 10 heteroatoms. The largest absolute Gasteiger partial charge is 0.477 e. The van der Waals surface area contributed by atoms with E-state index in [2.05, 4.69) is 15.5 Å². The number of nitrogens with one attached hydrogen (secondary N) is 2. The molecule has 0 radical (unpaired) electrons. The molecular formula is C19H21N3O7. The van der Waals surface area contributed by atoms with E-state index in [1.54, 1.807) is 18.4 Å². The number of H-pyrrole nitrogens is 1. The average Bonchev–Trinajstić information content (AvgIpc) is 3.36. The minimum atomic E-state index is -1.18. The highest BCUT2D eigenvalue weighted by Gasteiger charge is 2.20. The van der Waals surface area contributed by atoms with E-state index in [1.165, 1.54) is 26.4 Å². The van der Waals surface area contributed by atoms with Gasteiger partial charge >= 0.3 is 5.97 Å². The molecule has 10 nitrogen and oxygen atoms in total. The first kappa shape index (κ1) is 20.2. The highest BCUT2D eigenvalue weighted by Crippen LogP contribution is 2.34. The predicted octanol–water partition coefficient (Wildman–Crippen LogP) is 3.00. The Bertz CT molecular complexity index is 937. The van der Waals surface area contributed by atoms with Crippen LogP contribution in [0.4, 0.5) is 11.5 Å². The van der Waals surface area contributed by atoms with Crippen molar-refractivity contribution in [2.75, 3.05) is 33.1 Å². The molecule has 2 aromatic heterocycles. The molecule has 1 aromatic carbocycles. The van der Waals surface area contributed by atoms with E-state index in [0.717, 1.165) is 11.5 Å². The highest BCUT2D eigenvalue weighted by atomic mass is 16.7. The van der Waals surface area contributed by atoms with Crippen molar-refractivity contribution >= 4 is 17.5 Å². The maximum Gasteiger partial charge on any atom is 0.341 e. The lowest BCUT2D eigenvalue weighted by molar-refractivity contribution is 0.0447. The molecule has 0 aliphatic rings. The topological polar surface area (TPSA) is 128 Å². The van der Waals surface area contributed by atoms with Gasteiger partial charge in [0, 0.05) is 44.5 Å². The number of carboxylic acids is 1. The summed E-state index contributed by atoms with van der Waals surface area (Å²) in [5.74, 6) is 0.467. The SMILES string of the molecule is COCOc1cc(Nc2cc(Cc3ccco3)[nH]n2)c(C(=O)O)c(OCOC)c1. The van der Waals surface area contributed by atoms with Crippen LogP contribution in [0.25, 0.3) is 0 Å². The molecule has 3 aromatic rings. The molecule has 0 atom stereocenters. The molecule has 29 heavy (non-hydrogen) atoms. The number of furan rings is 1. The number of aromatic nitrogens is 2. The lowest BCUT2D eigenvalue weighted by Crippen LogP contribution is -2.10. The molecule has 0 saturated heterocycles. The van der Waals surface area contributed by atoms with Crippen LogP contribution in [-0.4, -0.2) is 49.1 Å². The van der Waals surface area contributed by atoms with Crippen LogP contribution in [0.5, 0.6) is 11.5 Å². The lowest BCUT2D eigenvalue weighted by Gasteiger charge is -2.15. The van der Waals surface area contributed by atoms with Crippen molar-refractivity contribution in [3.8, 4) is 11.5 Å². The van der Waals surface area contributed by atoms with Crippen molar-refractivity contribution in [3.63, 3.8) is 0 Å². The molecule has 0 aliphatic carbocycles. The highest BCUT2D eigenvalue weighted by molar-refractivity contribution is 5.98. The molecule has 0 saturated carbocycles. The van der Waals surface area contributed by atoms with Crippen LogP contribution < -0.4 is 14.8 Å². The van der Waals surface area contributed by atoms with Gasteiger partial charge in [0.2, 0.25) is 0 Å². The van der Waals surface area contributed by atoms with Gasteiger partial charge in [-0.15, -0.1) is 0 Å². The number of carbonyl (C=O) groups is 1. The zero-order chi connectivity index (χ0) is 20.6. The van der Waals surface area contributed by atoms with Crippen LogP contribution in [-0.2, 0) is 15.9 Å². The van der Waals surface area contributed by atoms with Crippen LogP contribution in [0.1, 0.15) is 21.8 Å². The third-order valence-electron chi connectivity index (χ3n) is 3.80. The first-order chi connectivity index (χ1) is 14.1. The van der Waals surface area contributed by atoms with Crippen molar-refractivity contribution in [1.82, 2.24) is 10.2 Å². The van der Waals surface area contributed by atoms with Gasteiger partial charge in [-0.3, -0.25) is 5.10 Å². The molecule has 0 amide bonds. The summed E-state index contributed by atoms with van der Waals surface area (Å²) in [5.41, 5.74) is 0.956. The summed E-state index contributed by atoms with van der Waals surface area (Å²) >= 11 is 0. The second-order valence-corrected chi connectivity index (χ2v) is 5.91. The Kier molecular flexibility index (Phi) is 6.72. The third-order valence-corrected chi connectivity index (χ3v) is 3.80. The predicted molar refractivity (Wildman–Crippen MR) is 102 cm³/mol. The van der Waals surface area contributed by atoms with Gasteiger partial charge in [0.05, 0.1) is 12.0 Å². The maximum atomic E-state index is 11.9. The van der Waals surface area contributed by atoms with E-state index >= 15 is 0 Å². The molecular weight excluding hydrogens is 382 g/mol. The van der Waals surface area contributed by atoms with Crippen LogP contribution in [0.2, 0.25) is 0 Å². The van der Waals surface area contributed by atoms with Gasteiger partial charge in [0.25, 0.3) is 0 Å². The van der Waals surface area contributed by atoms with Gasteiger partial charge in [-0.1, -0.05) is 0 Å². The fraction of sp³-hybridized carbons (Fsp3) is 0.263. The first-order valence-corrected chi connectivity index (χ1v) is 8.59. The standard InChI is InChI=1S/C19H21N3O7/c1-25-10-28-14-8-15(18(19(23)24)16(9-14)29-11-26-2)20-17-7-12(21-22-17)6-13-4-3-5-27-13/h3-5,7-9H,6,10-11H2,1-2H3,(H,23,24)(H2,20,21,22). The maximum absolute atomic E-state index is 11.9. The molecule has 3 N–H and O–H groups in total. The van der Waals surface area contributed by atoms with Crippen LogP contribution in [0.3, 0.4) is 0 Å². The molecule has 154 valence electrons. The second kappa shape index (κ2) is 9.62. The summed E-state index contributed by atoms with van der Waals surface area (Å²) < 4.78 is 26.0. The van der Waals surface area contributed by atoms with E-state index in [1.807, 2.05) is 6.07 Å². The number of nitrogens with zero attached hydrogens (tertiary/aromatic N) is 1. The monoisotopic (exact) mass is 403 g/mol. The molecule has 0 spiro atoms. The van der Waals surface area contributed by atoms with E-state index in [4.69, 9.17) is 23.4 Å². The number of anilines is 2. The number of methoxy groups -OCH3 is 2. The minimum Gasteiger partial charge on any atom is -0.477 e. The van der Waals surface area contributed by atoms with E-state index < -0.39 is 5.97 Å². The Labute approximate surface area is 166 Å². The summed E-state index contributed by atoms with van der Waals surface area (Å²) in [6, 6.07) is 8.40. The van der Waals surface area contributed by atoms with Gasteiger partial charge in [-0.05, 0) is 12.1 Å². The molecule has 2 heterocycles. The zero-order valence-electron chi connectivity index (χ0n) is 15.9. The van der Waals surface area contributed by atoms with Gasteiger partial charge in [0.15, 0.2) is 19.4 Å². The molecule has 3 rings (SSSR count). The summed E-state index contributed by atoms with van der Waals surface area (Å²) in [5, 5.41) is 19.8. The third kappa shape index (κ3) is 5.27. The second-order valence-electron chi connectivity index (χ2n) is 5.91. The normalized spacial score (nSPS) is 10.7. The quantitative estimate of drug-likeness (QED) is 0.414. The summed E-state index contributed by atoms with van der Waals surface area (Å²) in [4.78, 5) is 11.9. The van der Waals surface area contributed by atoms with Crippen molar-refractivity contribution in [3.05, 3.63) is 53.6 Å². The van der Waals surface area contributed by atoms with E-state index in [9.17, 15) is 9.90 Å². The summed E-state index contributed by atoms with van der Waals surface area (Å²) in [6.07, 6.45) is 2.11. The molecule has 0 fully saturated rings. The average molecular weight is 403 g/mol. The Hall–Kier alpha value is -3.50. The van der Waals surface area contributed by atoms with Crippen molar-refractivity contribution in [2.45, 2.75) is 6.42 Å². The van der Waals surface area contributed by atoms with Gasteiger partial charge in [-0.25, -0.2) is 4.79 Å². The van der Waals surface area contributed by atoms with Crippen LogP contribution >= 0.6 is 0 Å². The molecule has 0 bridgehead atoms. The zero-order valence-corrected chi connectivity index (χ0v) is 15.9. The minimum absolute atomic E-state index is 0.00865. The fourth-order valence-corrected chi connectivity index (χ4v) is 2.61. The van der Waals surface area contributed by atoms with Crippen LogP contribution in [0.15, 0.2) is 41.0 Å². The summed E-state index contributed by atoms with van der Waals surface area (Å²) in [7, 11) is 2.92. The van der Waals surface area contributed by atoms with E-state index in [0.29, 0.717) is 18.0 Å². The number of hydrogen-bond acceptors (Lipinski definition) is 8. The Balaban J connectivity index is 1.89. The number of aromatic carboxylic acids is 1. The van der Waals surface area contributed by atoms with Crippen molar-refractivity contribution < 1.29 is 33.3 Å². The Morgan fingerprint density at radius 3 is 2.69 bits per heavy atom. The van der Waals surface area contributed by atoms with Crippen LogP contribution in [0, 0.1) is 0 Å². The first-order valence-electron chi connectivity index (χ1n) is 8.59.